The summed E-state index contributed by atoms with van der Waals surface area (Å²) in [6, 6.07) is 9.25. The Labute approximate surface area is 118 Å². The molecule has 1 radical (unpaired) electrons. The van der Waals surface area contributed by atoms with Crippen LogP contribution in [0.3, 0.4) is 0 Å². The highest BCUT2D eigenvalue weighted by Gasteiger charge is 2.38. The predicted molar refractivity (Wildman–Crippen MR) is 84.7 cm³/mol. The summed E-state index contributed by atoms with van der Waals surface area (Å²) in [5.74, 6) is 0. The molecule has 3 rings (SSSR count). The SMILES string of the molecule is C[Si](C)C1(NC2C=Cc3ccccc32)CCCCC1. The Balaban J connectivity index is 1.82. The Morgan fingerprint density at radius 1 is 1.11 bits per heavy atom. The summed E-state index contributed by atoms with van der Waals surface area (Å²) in [5, 5.41) is 4.49. The van der Waals surface area contributed by atoms with Crippen molar-refractivity contribution < 1.29 is 0 Å². The van der Waals surface area contributed by atoms with Gasteiger partial charge in [-0.25, -0.2) is 0 Å². The van der Waals surface area contributed by atoms with E-state index < -0.39 is 0 Å². The van der Waals surface area contributed by atoms with Gasteiger partial charge in [-0.15, -0.1) is 0 Å². The van der Waals surface area contributed by atoms with Gasteiger partial charge in [0, 0.05) is 5.16 Å². The van der Waals surface area contributed by atoms with Crippen LogP contribution in [0.2, 0.25) is 13.1 Å². The number of fused-ring (bicyclic) bond motifs is 1. The molecule has 101 valence electrons. The highest BCUT2D eigenvalue weighted by molar-refractivity contribution is 6.59. The molecule has 0 amide bonds. The Morgan fingerprint density at radius 2 is 1.84 bits per heavy atom. The maximum Gasteiger partial charge on any atom is 0.0665 e. The van der Waals surface area contributed by atoms with Crippen molar-refractivity contribution in [3.8, 4) is 0 Å². The first-order valence-electron chi connectivity index (χ1n) is 7.57. The molecule has 1 N–H and O–H groups in total. The van der Waals surface area contributed by atoms with Crippen LogP contribution in [-0.4, -0.2) is 14.0 Å². The van der Waals surface area contributed by atoms with E-state index in [1.165, 1.54) is 43.2 Å². The van der Waals surface area contributed by atoms with Crippen molar-refractivity contribution >= 4 is 14.9 Å². The van der Waals surface area contributed by atoms with E-state index in [2.05, 4.69) is 54.8 Å². The predicted octanol–water partition coefficient (Wildman–Crippen LogP) is 4.34. The second-order valence-electron chi connectivity index (χ2n) is 6.25. The summed E-state index contributed by atoms with van der Waals surface area (Å²) in [7, 11) is -0.328. The smallest absolute Gasteiger partial charge is 0.0665 e. The second kappa shape index (κ2) is 5.26. The Hall–Kier alpha value is -0.863. The molecule has 0 heterocycles. The third-order valence-electron chi connectivity index (χ3n) is 4.90. The number of hydrogen-bond acceptors (Lipinski definition) is 1. The number of rotatable bonds is 3. The van der Waals surface area contributed by atoms with Gasteiger partial charge in [-0.3, -0.25) is 0 Å². The molecule has 2 heteroatoms. The van der Waals surface area contributed by atoms with Gasteiger partial charge in [-0.2, -0.15) is 0 Å². The normalized spacial score (nSPS) is 24.7. The topological polar surface area (TPSA) is 12.0 Å². The highest BCUT2D eigenvalue weighted by atomic mass is 28.3. The average Bonchev–Trinajstić information content (AvgIpc) is 2.83. The standard InChI is InChI=1S/C17H24NSi/c1-19(2)17(12-6-3-7-13-17)18-16-11-10-14-8-4-5-9-15(14)16/h4-5,8-11,16,18H,3,6-7,12-13H2,1-2H3. The number of nitrogens with one attached hydrogen (secondary N) is 1. The molecule has 19 heavy (non-hydrogen) atoms. The molecule has 1 unspecified atom stereocenters. The monoisotopic (exact) mass is 270 g/mol. The zero-order valence-corrected chi connectivity index (χ0v) is 13.1. The highest BCUT2D eigenvalue weighted by Crippen LogP contribution is 2.36. The van der Waals surface area contributed by atoms with Crippen LogP contribution >= 0.6 is 0 Å². The van der Waals surface area contributed by atoms with Gasteiger partial charge < -0.3 is 5.32 Å². The van der Waals surface area contributed by atoms with Gasteiger partial charge >= 0.3 is 0 Å². The molecule has 1 nitrogen and oxygen atoms in total. The molecule has 0 aliphatic heterocycles. The zero-order chi connectivity index (χ0) is 13.3. The van der Waals surface area contributed by atoms with Gasteiger partial charge in [-0.05, 0) is 24.0 Å². The number of benzene rings is 1. The molecule has 0 aromatic heterocycles. The first-order valence-corrected chi connectivity index (χ1v) is 10.1. The van der Waals surface area contributed by atoms with Crippen LogP contribution in [0.5, 0.6) is 0 Å². The Kier molecular flexibility index (Phi) is 3.63. The van der Waals surface area contributed by atoms with Crippen LogP contribution in [0.25, 0.3) is 6.08 Å². The van der Waals surface area contributed by atoms with Crippen LogP contribution in [0.1, 0.15) is 49.3 Å². The lowest BCUT2D eigenvalue weighted by molar-refractivity contribution is 0.305. The molecule has 2 aliphatic rings. The lowest BCUT2D eigenvalue weighted by Crippen LogP contribution is -2.56. The molecule has 1 atom stereocenters. The molecule has 1 fully saturated rings. The molecule has 0 saturated heterocycles. The summed E-state index contributed by atoms with van der Waals surface area (Å²) in [6.45, 7) is 4.96. The molecule has 1 saturated carbocycles. The Bertz CT molecular complexity index is 472. The molecule has 0 bridgehead atoms. The van der Waals surface area contributed by atoms with E-state index in [4.69, 9.17) is 0 Å². The number of hydrogen-bond donors (Lipinski definition) is 1. The quantitative estimate of drug-likeness (QED) is 0.806. The van der Waals surface area contributed by atoms with Crippen LogP contribution < -0.4 is 5.32 Å². The first kappa shape index (κ1) is 13.1. The van der Waals surface area contributed by atoms with E-state index in [1.807, 2.05) is 0 Å². The minimum Gasteiger partial charge on any atom is -0.304 e. The third-order valence-corrected chi connectivity index (χ3v) is 7.45. The maximum atomic E-state index is 4.05. The van der Waals surface area contributed by atoms with Gasteiger partial charge in [0.1, 0.15) is 0 Å². The largest absolute Gasteiger partial charge is 0.304 e. The van der Waals surface area contributed by atoms with Gasteiger partial charge in [-0.1, -0.05) is 68.8 Å². The van der Waals surface area contributed by atoms with E-state index >= 15 is 0 Å². The van der Waals surface area contributed by atoms with Gasteiger partial charge in [0.25, 0.3) is 0 Å². The minimum absolute atomic E-state index is 0.328. The van der Waals surface area contributed by atoms with E-state index in [-0.39, 0.29) is 8.80 Å². The molecule has 1 aromatic carbocycles. The van der Waals surface area contributed by atoms with Crippen LogP contribution in [0, 0.1) is 0 Å². The van der Waals surface area contributed by atoms with Gasteiger partial charge in [0.2, 0.25) is 0 Å². The summed E-state index contributed by atoms with van der Waals surface area (Å²) >= 11 is 0. The summed E-state index contributed by atoms with van der Waals surface area (Å²) in [6.07, 6.45) is 11.6. The fraction of sp³-hybridized carbons (Fsp3) is 0.529. The average molecular weight is 270 g/mol. The van der Waals surface area contributed by atoms with Gasteiger partial charge in [0.15, 0.2) is 0 Å². The molecule has 1 aromatic rings. The van der Waals surface area contributed by atoms with Crippen LogP contribution in [-0.2, 0) is 0 Å². The van der Waals surface area contributed by atoms with Crippen molar-refractivity contribution in [3.63, 3.8) is 0 Å². The van der Waals surface area contributed by atoms with E-state index in [0.717, 1.165) is 0 Å². The van der Waals surface area contributed by atoms with E-state index in [9.17, 15) is 0 Å². The summed E-state index contributed by atoms with van der Waals surface area (Å²) < 4.78 is 0. The van der Waals surface area contributed by atoms with Crippen molar-refractivity contribution in [1.82, 2.24) is 5.32 Å². The molecular weight excluding hydrogens is 246 g/mol. The lowest BCUT2D eigenvalue weighted by Gasteiger charge is -2.43. The Morgan fingerprint density at radius 3 is 2.58 bits per heavy atom. The van der Waals surface area contributed by atoms with Crippen molar-refractivity contribution in [2.45, 2.75) is 56.4 Å². The van der Waals surface area contributed by atoms with E-state index in [1.54, 1.807) is 0 Å². The third kappa shape index (κ3) is 2.44. The fourth-order valence-electron chi connectivity index (χ4n) is 3.62. The van der Waals surface area contributed by atoms with Crippen molar-refractivity contribution in [1.29, 1.82) is 0 Å². The molecule has 2 aliphatic carbocycles. The second-order valence-corrected chi connectivity index (χ2v) is 9.21. The fourth-order valence-corrected chi connectivity index (χ4v) is 5.41. The molecular formula is C17H24NSi. The van der Waals surface area contributed by atoms with Crippen LogP contribution in [0.4, 0.5) is 0 Å². The lowest BCUT2D eigenvalue weighted by atomic mass is 9.93. The zero-order valence-electron chi connectivity index (χ0n) is 12.1. The van der Waals surface area contributed by atoms with E-state index in [0.29, 0.717) is 11.2 Å². The summed E-state index contributed by atoms with van der Waals surface area (Å²) in [5.41, 5.74) is 2.86. The molecule has 0 spiro atoms. The minimum atomic E-state index is -0.328. The van der Waals surface area contributed by atoms with Crippen LogP contribution in [0.15, 0.2) is 30.3 Å². The van der Waals surface area contributed by atoms with Crippen molar-refractivity contribution in [2.75, 3.05) is 0 Å². The summed E-state index contributed by atoms with van der Waals surface area (Å²) in [4.78, 5) is 0. The van der Waals surface area contributed by atoms with Gasteiger partial charge in [0.05, 0.1) is 14.8 Å². The van der Waals surface area contributed by atoms with Crippen molar-refractivity contribution in [2.24, 2.45) is 0 Å². The maximum absolute atomic E-state index is 4.05. The first-order chi connectivity index (χ1) is 9.21. The van der Waals surface area contributed by atoms with Crippen molar-refractivity contribution in [3.05, 3.63) is 41.5 Å².